The van der Waals surface area contributed by atoms with Crippen LogP contribution in [0.5, 0.6) is 0 Å². The molecule has 0 saturated carbocycles. The third-order valence-corrected chi connectivity index (χ3v) is 3.80. The molecule has 0 bridgehead atoms. The molecule has 0 atom stereocenters. The zero-order valence-electron chi connectivity index (χ0n) is 9.51. The molecule has 1 aromatic heterocycles. The fraction of sp³-hybridized carbons (Fsp3) is 0.500. The summed E-state index contributed by atoms with van der Waals surface area (Å²) in [7, 11) is -0.459. The number of halogens is 1. The molecule has 0 amide bonds. The molecule has 0 radical (unpaired) electrons. The molecule has 1 heterocycles. The minimum absolute atomic E-state index is 0.0356. The number of sulfonamides is 1. The summed E-state index contributed by atoms with van der Waals surface area (Å²) in [4.78, 5) is 7.06. The highest BCUT2D eigenvalue weighted by Gasteiger charge is 2.13. The molecule has 0 aromatic carbocycles. The van der Waals surface area contributed by atoms with Gasteiger partial charge in [0.2, 0.25) is 16.0 Å². The van der Waals surface area contributed by atoms with E-state index >= 15 is 0 Å². The first-order chi connectivity index (χ1) is 7.83. The lowest BCUT2D eigenvalue weighted by atomic mass is 10.5. The van der Waals surface area contributed by atoms with Gasteiger partial charge in [-0.2, -0.15) is 4.98 Å². The van der Waals surface area contributed by atoms with Gasteiger partial charge in [-0.05, 0) is 0 Å². The SMILES string of the molecule is CN(C)S(=O)(=O)CCNc1nc(N)ncc1F. The second-order valence-electron chi connectivity index (χ2n) is 3.45. The lowest BCUT2D eigenvalue weighted by Crippen LogP contribution is -2.28. The van der Waals surface area contributed by atoms with Crippen molar-refractivity contribution in [2.45, 2.75) is 0 Å². The lowest BCUT2D eigenvalue weighted by Gasteiger charge is -2.12. The Balaban J connectivity index is 2.60. The highest BCUT2D eigenvalue weighted by atomic mass is 32.2. The van der Waals surface area contributed by atoms with E-state index in [0.29, 0.717) is 0 Å². The minimum Gasteiger partial charge on any atom is -0.368 e. The van der Waals surface area contributed by atoms with Gasteiger partial charge in [0, 0.05) is 20.6 Å². The van der Waals surface area contributed by atoms with Crippen molar-refractivity contribution in [3.8, 4) is 0 Å². The summed E-state index contributed by atoms with van der Waals surface area (Å²) in [5.74, 6) is -1.03. The number of nitrogen functional groups attached to an aromatic ring is 1. The van der Waals surface area contributed by atoms with Crippen molar-refractivity contribution in [2.24, 2.45) is 0 Å². The van der Waals surface area contributed by atoms with Gasteiger partial charge < -0.3 is 11.1 Å². The molecule has 1 aromatic rings. The van der Waals surface area contributed by atoms with Crippen LogP contribution in [0.3, 0.4) is 0 Å². The van der Waals surface area contributed by atoms with E-state index < -0.39 is 15.8 Å². The molecule has 0 saturated heterocycles. The summed E-state index contributed by atoms with van der Waals surface area (Å²) in [6.07, 6.45) is 0.922. The van der Waals surface area contributed by atoms with Gasteiger partial charge in [0.05, 0.1) is 11.9 Å². The van der Waals surface area contributed by atoms with Crippen LogP contribution in [0.2, 0.25) is 0 Å². The lowest BCUT2D eigenvalue weighted by molar-refractivity contribution is 0.521. The maximum absolute atomic E-state index is 13.1. The molecule has 9 heteroatoms. The van der Waals surface area contributed by atoms with E-state index in [9.17, 15) is 12.8 Å². The van der Waals surface area contributed by atoms with Crippen molar-refractivity contribution in [3.05, 3.63) is 12.0 Å². The Kier molecular flexibility index (Phi) is 4.18. The van der Waals surface area contributed by atoms with Crippen LogP contribution in [0.4, 0.5) is 16.2 Å². The average Bonchev–Trinajstić information content (AvgIpc) is 2.22. The molecule has 17 heavy (non-hydrogen) atoms. The second-order valence-corrected chi connectivity index (χ2v) is 5.75. The standard InChI is InChI=1S/C8H14FN5O2S/c1-14(2)17(15,16)4-3-11-7-6(9)5-12-8(10)13-7/h5H,3-4H2,1-2H3,(H3,10,11,12,13). The summed E-state index contributed by atoms with van der Waals surface area (Å²) in [6.45, 7) is 0.0356. The molecule has 3 N–H and O–H groups in total. The predicted molar refractivity (Wildman–Crippen MR) is 62.4 cm³/mol. The highest BCUT2D eigenvalue weighted by molar-refractivity contribution is 7.89. The fourth-order valence-electron chi connectivity index (χ4n) is 0.986. The number of anilines is 2. The maximum Gasteiger partial charge on any atom is 0.222 e. The third-order valence-electron chi connectivity index (χ3n) is 1.97. The Morgan fingerprint density at radius 3 is 2.76 bits per heavy atom. The monoisotopic (exact) mass is 263 g/mol. The van der Waals surface area contributed by atoms with Crippen molar-refractivity contribution >= 4 is 21.8 Å². The first-order valence-electron chi connectivity index (χ1n) is 4.75. The molecule has 7 nitrogen and oxygen atoms in total. The summed E-state index contributed by atoms with van der Waals surface area (Å²) in [5, 5.41) is 2.55. The number of aromatic nitrogens is 2. The van der Waals surface area contributed by atoms with Gasteiger partial charge in [0.1, 0.15) is 0 Å². The maximum atomic E-state index is 13.1. The van der Waals surface area contributed by atoms with Crippen LogP contribution in [0.1, 0.15) is 0 Å². The second kappa shape index (κ2) is 5.23. The van der Waals surface area contributed by atoms with Gasteiger partial charge in [0.25, 0.3) is 0 Å². The Hall–Kier alpha value is -1.48. The van der Waals surface area contributed by atoms with E-state index in [-0.39, 0.29) is 24.1 Å². The molecule has 0 spiro atoms. The van der Waals surface area contributed by atoms with Gasteiger partial charge >= 0.3 is 0 Å². The van der Waals surface area contributed by atoms with Crippen molar-refractivity contribution in [1.29, 1.82) is 0 Å². The zero-order valence-corrected chi connectivity index (χ0v) is 10.3. The highest BCUT2D eigenvalue weighted by Crippen LogP contribution is 2.09. The van der Waals surface area contributed by atoms with Gasteiger partial charge in [0.15, 0.2) is 11.6 Å². The molecule has 0 unspecified atom stereocenters. The van der Waals surface area contributed by atoms with Crippen LogP contribution < -0.4 is 11.1 Å². The van der Waals surface area contributed by atoms with Crippen molar-refractivity contribution < 1.29 is 12.8 Å². The molecule has 0 aliphatic carbocycles. The van der Waals surface area contributed by atoms with E-state index in [1.165, 1.54) is 14.1 Å². The summed E-state index contributed by atoms with van der Waals surface area (Å²) < 4.78 is 37.1. The molecular weight excluding hydrogens is 249 g/mol. The Labute approximate surface area is 98.9 Å². The number of rotatable bonds is 5. The Morgan fingerprint density at radius 1 is 1.53 bits per heavy atom. The molecule has 0 aliphatic heterocycles. The van der Waals surface area contributed by atoms with E-state index in [1.54, 1.807) is 0 Å². The van der Waals surface area contributed by atoms with Crippen LogP contribution in [0.25, 0.3) is 0 Å². The summed E-state index contributed by atoms with van der Waals surface area (Å²) >= 11 is 0. The average molecular weight is 263 g/mol. The van der Waals surface area contributed by atoms with Crippen molar-refractivity contribution in [1.82, 2.24) is 14.3 Å². The number of hydrogen-bond acceptors (Lipinski definition) is 6. The van der Waals surface area contributed by atoms with Gasteiger partial charge in [-0.25, -0.2) is 22.1 Å². The first-order valence-corrected chi connectivity index (χ1v) is 6.36. The topological polar surface area (TPSA) is 101 Å². The molecule has 0 aliphatic rings. The summed E-state index contributed by atoms with van der Waals surface area (Å²) in [5.41, 5.74) is 5.28. The van der Waals surface area contributed by atoms with Crippen LogP contribution in [-0.2, 0) is 10.0 Å². The number of nitrogens with zero attached hydrogens (tertiary/aromatic N) is 3. The molecular formula is C8H14FN5O2S. The normalized spacial score (nSPS) is 11.8. The molecule has 96 valence electrons. The van der Waals surface area contributed by atoms with Crippen LogP contribution in [0, 0.1) is 5.82 Å². The Bertz CT molecular complexity index is 491. The predicted octanol–water partition coefficient (Wildman–Crippen LogP) is -0.499. The minimum atomic E-state index is -3.32. The zero-order chi connectivity index (χ0) is 13.1. The van der Waals surface area contributed by atoms with Crippen LogP contribution >= 0.6 is 0 Å². The third kappa shape index (κ3) is 3.79. The number of nitrogens with two attached hydrogens (primary N) is 1. The number of hydrogen-bond donors (Lipinski definition) is 2. The van der Waals surface area contributed by atoms with E-state index in [4.69, 9.17) is 5.73 Å². The molecule has 1 rings (SSSR count). The molecule has 0 fully saturated rings. The van der Waals surface area contributed by atoms with Crippen LogP contribution in [0.15, 0.2) is 6.20 Å². The number of nitrogens with one attached hydrogen (secondary N) is 1. The van der Waals surface area contributed by atoms with Crippen molar-refractivity contribution in [2.75, 3.05) is 37.4 Å². The van der Waals surface area contributed by atoms with E-state index in [1.807, 2.05) is 0 Å². The van der Waals surface area contributed by atoms with Crippen molar-refractivity contribution in [3.63, 3.8) is 0 Å². The van der Waals surface area contributed by atoms with Gasteiger partial charge in [-0.1, -0.05) is 0 Å². The van der Waals surface area contributed by atoms with E-state index in [0.717, 1.165) is 10.5 Å². The smallest absolute Gasteiger partial charge is 0.222 e. The van der Waals surface area contributed by atoms with Crippen LogP contribution in [-0.4, -0.2) is 49.1 Å². The summed E-state index contributed by atoms with van der Waals surface area (Å²) in [6, 6.07) is 0. The first kappa shape index (κ1) is 13.6. The van der Waals surface area contributed by atoms with E-state index in [2.05, 4.69) is 15.3 Å². The van der Waals surface area contributed by atoms with Gasteiger partial charge in [-0.3, -0.25) is 0 Å². The van der Waals surface area contributed by atoms with Gasteiger partial charge in [-0.15, -0.1) is 0 Å². The Morgan fingerprint density at radius 2 is 2.18 bits per heavy atom. The fourth-order valence-corrected chi connectivity index (χ4v) is 1.71. The largest absolute Gasteiger partial charge is 0.368 e. The quantitative estimate of drug-likeness (QED) is 0.742.